The van der Waals surface area contributed by atoms with E-state index in [1.54, 1.807) is 18.1 Å². The minimum Gasteiger partial charge on any atom is -0.497 e. The van der Waals surface area contributed by atoms with Gasteiger partial charge in [-0.2, -0.15) is 0 Å². The molecule has 0 atom stereocenters. The largest absolute Gasteiger partial charge is 0.497 e. The van der Waals surface area contributed by atoms with E-state index in [1.807, 2.05) is 66.7 Å². The summed E-state index contributed by atoms with van der Waals surface area (Å²) < 4.78 is 5.20. The molecule has 0 unspecified atom stereocenters. The van der Waals surface area contributed by atoms with Gasteiger partial charge in [-0.25, -0.2) is 0 Å². The van der Waals surface area contributed by atoms with Crippen LogP contribution in [-0.4, -0.2) is 18.8 Å². The molecule has 0 aromatic heterocycles. The number of amides is 1. The Morgan fingerprint density at radius 1 is 0.767 bits per heavy atom. The molecule has 0 radical (unpaired) electrons. The number of rotatable bonds is 4. The fourth-order valence-electron chi connectivity index (χ4n) is 3.94. The minimum absolute atomic E-state index is 0.365. The Kier molecular flexibility index (Phi) is 4.32. The van der Waals surface area contributed by atoms with Crippen molar-refractivity contribution in [3.63, 3.8) is 0 Å². The highest BCUT2D eigenvalue weighted by molar-refractivity contribution is 6.52. The van der Waals surface area contributed by atoms with Crippen LogP contribution in [0.4, 0.5) is 5.69 Å². The number of carbonyl (C=O) groups is 2. The Bertz CT molecular complexity index is 1290. The molecule has 4 heteroatoms. The Balaban J connectivity index is 1.48. The van der Waals surface area contributed by atoms with Crippen molar-refractivity contribution in [2.75, 3.05) is 12.0 Å². The Morgan fingerprint density at radius 2 is 1.50 bits per heavy atom. The first kappa shape index (κ1) is 18.1. The van der Waals surface area contributed by atoms with Crippen LogP contribution in [0, 0.1) is 0 Å². The summed E-state index contributed by atoms with van der Waals surface area (Å²) in [5.41, 5.74) is 3.96. The molecule has 1 aliphatic heterocycles. The predicted molar refractivity (Wildman–Crippen MR) is 118 cm³/mol. The molecule has 0 bridgehead atoms. The maximum Gasteiger partial charge on any atom is 0.299 e. The molecule has 0 N–H and O–H groups in total. The van der Waals surface area contributed by atoms with Crippen molar-refractivity contribution in [3.05, 3.63) is 96.1 Å². The summed E-state index contributed by atoms with van der Waals surface area (Å²) in [7, 11) is 1.62. The van der Waals surface area contributed by atoms with Crippen molar-refractivity contribution in [2.24, 2.45) is 0 Å². The maximum absolute atomic E-state index is 12.7. The molecular formula is C26H19NO3. The molecular weight excluding hydrogens is 374 g/mol. The summed E-state index contributed by atoms with van der Waals surface area (Å²) in [5, 5.41) is 2.26. The van der Waals surface area contributed by atoms with Gasteiger partial charge in [0.25, 0.3) is 11.7 Å². The number of methoxy groups -OCH3 is 1. The number of benzene rings is 4. The van der Waals surface area contributed by atoms with Crippen molar-refractivity contribution < 1.29 is 14.3 Å². The maximum atomic E-state index is 12.7. The third-order valence-electron chi connectivity index (χ3n) is 5.55. The molecule has 1 heterocycles. The van der Waals surface area contributed by atoms with Crippen LogP contribution in [0.15, 0.2) is 84.9 Å². The van der Waals surface area contributed by atoms with Gasteiger partial charge in [-0.1, -0.05) is 54.6 Å². The van der Waals surface area contributed by atoms with E-state index in [0.717, 1.165) is 33.2 Å². The smallest absolute Gasteiger partial charge is 0.299 e. The van der Waals surface area contributed by atoms with E-state index < -0.39 is 11.7 Å². The second-order valence-electron chi connectivity index (χ2n) is 7.36. The zero-order valence-corrected chi connectivity index (χ0v) is 16.5. The zero-order chi connectivity index (χ0) is 20.7. The highest BCUT2D eigenvalue weighted by atomic mass is 16.5. The van der Waals surface area contributed by atoms with Gasteiger partial charge in [0.05, 0.1) is 24.9 Å². The van der Waals surface area contributed by atoms with Crippen molar-refractivity contribution >= 4 is 28.2 Å². The van der Waals surface area contributed by atoms with Crippen LogP contribution in [0.1, 0.15) is 15.9 Å². The molecule has 1 amide bonds. The standard InChI is InChI=1S/C26H19NO3/c1-30-22-11-8-19(9-12-22)21-10-13-24-23(15-21)25(28)26(29)27(24)16-17-6-7-18-4-2-3-5-20(18)14-17/h2-15H,16H2,1H3. The van der Waals surface area contributed by atoms with Crippen LogP contribution in [0.3, 0.4) is 0 Å². The number of carbonyl (C=O) groups excluding carboxylic acids is 2. The van der Waals surface area contributed by atoms with Crippen LogP contribution >= 0.6 is 0 Å². The molecule has 1 aliphatic rings. The van der Waals surface area contributed by atoms with Crippen LogP contribution in [0.25, 0.3) is 21.9 Å². The van der Waals surface area contributed by atoms with E-state index in [4.69, 9.17) is 4.74 Å². The van der Waals surface area contributed by atoms with E-state index in [9.17, 15) is 9.59 Å². The molecule has 4 nitrogen and oxygen atoms in total. The van der Waals surface area contributed by atoms with E-state index in [1.165, 1.54) is 0 Å². The molecule has 146 valence electrons. The number of fused-ring (bicyclic) bond motifs is 2. The average Bonchev–Trinajstić information content (AvgIpc) is 3.03. The highest BCUT2D eigenvalue weighted by Crippen LogP contribution is 2.34. The fourth-order valence-corrected chi connectivity index (χ4v) is 3.94. The molecule has 0 saturated heterocycles. The van der Waals surface area contributed by atoms with Gasteiger partial charge in [-0.15, -0.1) is 0 Å². The number of hydrogen-bond acceptors (Lipinski definition) is 3. The van der Waals surface area contributed by atoms with Crippen molar-refractivity contribution in [2.45, 2.75) is 6.54 Å². The summed E-state index contributed by atoms with van der Waals surface area (Å²) in [6.07, 6.45) is 0. The molecule has 0 saturated carbocycles. The van der Waals surface area contributed by atoms with Gasteiger partial charge in [-0.05, 0) is 57.8 Å². The monoisotopic (exact) mass is 393 g/mol. The van der Waals surface area contributed by atoms with Gasteiger partial charge in [0.15, 0.2) is 0 Å². The van der Waals surface area contributed by atoms with Crippen LogP contribution in [-0.2, 0) is 11.3 Å². The molecule has 0 fully saturated rings. The lowest BCUT2D eigenvalue weighted by Crippen LogP contribution is -2.29. The number of nitrogens with zero attached hydrogens (tertiary/aromatic N) is 1. The quantitative estimate of drug-likeness (QED) is 0.445. The number of Topliss-reactive ketones (excluding diaryl/α,β-unsaturated/α-hetero) is 1. The van der Waals surface area contributed by atoms with E-state index in [-0.39, 0.29) is 0 Å². The number of ether oxygens (including phenoxy) is 1. The van der Waals surface area contributed by atoms with Gasteiger partial charge < -0.3 is 9.64 Å². The van der Waals surface area contributed by atoms with E-state index in [2.05, 4.69) is 12.1 Å². The lowest BCUT2D eigenvalue weighted by atomic mass is 10.0. The fraction of sp³-hybridized carbons (Fsp3) is 0.0769. The van der Waals surface area contributed by atoms with E-state index in [0.29, 0.717) is 17.8 Å². The summed E-state index contributed by atoms with van der Waals surface area (Å²) >= 11 is 0. The lowest BCUT2D eigenvalue weighted by Gasteiger charge is -2.17. The van der Waals surface area contributed by atoms with Gasteiger partial charge in [0, 0.05) is 0 Å². The second-order valence-corrected chi connectivity index (χ2v) is 7.36. The Hall–Kier alpha value is -3.92. The molecule has 4 aromatic rings. The third kappa shape index (κ3) is 3.03. The van der Waals surface area contributed by atoms with Crippen molar-refractivity contribution in [1.82, 2.24) is 0 Å². The summed E-state index contributed by atoms with van der Waals surface area (Å²) in [6.45, 7) is 0.365. The predicted octanol–water partition coefficient (Wildman–Crippen LogP) is 5.24. The van der Waals surface area contributed by atoms with Crippen molar-refractivity contribution in [1.29, 1.82) is 0 Å². The zero-order valence-electron chi connectivity index (χ0n) is 16.5. The molecule has 0 aliphatic carbocycles. The van der Waals surface area contributed by atoms with Gasteiger partial charge in [0.1, 0.15) is 5.75 Å². The van der Waals surface area contributed by atoms with Gasteiger partial charge >= 0.3 is 0 Å². The molecule has 30 heavy (non-hydrogen) atoms. The summed E-state index contributed by atoms with van der Waals surface area (Å²) in [5.74, 6) is -0.168. The van der Waals surface area contributed by atoms with Crippen LogP contribution < -0.4 is 9.64 Å². The summed E-state index contributed by atoms with van der Waals surface area (Å²) in [6, 6.07) is 27.4. The normalized spacial score (nSPS) is 13.0. The van der Waals surface area contributed by atoms with Crippen LogP contribution in [0.5, 0.6) is 5.75 Å². The van der Waals surface area contributed by atoms with E-state index >= 15 is 0 Å². The molecule has 4 aromatic carbocycles. The highest BCUT2D eigenvalue weighted by Gasteiger charge is 2.36. The molecule has 0 spiro atoms. The van der Waals surface area contributed by atoms with Crippen LogP contribution in [0.2, 0.25) is 0 Å². The Labute approximate surface area is 174 Å². The first-order valence-electron chi connectivity index (χ1n) is 9.76. The minimum atomic E-state index is -0.481. The topological polar surface area (TPSA) is 46.6 Å². The third-order valence-corrected chi connectivity index (χ3v) is 5.55. The first-order valence-corrected chi connectivity index (χ1v) is 9.76. The number of anilines is 1. The summed E-state index contributed by atoms with van der Waals surface area (Å²) in [4.78, 5) is 27.0. The number of hydrogen-bond donors (Lipinski definition) is 0. The van der Waals surface area contributed by atoms with Crippen molar-refractivity contribution in [3.8, 4) is 16.9 Å². The average molecular weight is 393 g/mol. The molecule has 5 rings (SSSR count). The first-order chi connectivity index (χ1) is 14.6. The number of ketones is 1. The SMILES string of the molecule is COc1ccc(-c2ccc3c(c2)C(=O)C(=O)N3Cc2ccc3ccccc3c2)cc1. The van der Waals surface area contributed by atoms with Gasteiger partial charge in [0.2, 0.25) is 0 Å². The van der Waals surface area contributed by atoms with Gasteiger partial charge in [-0.3, -0.25) is 9.59 Å². The lowest BCUT2D eigenvalue weighted by molar-refractivity contribution is -0.114. The second kappa shape index (κ2) is 7.16. The Morgan fingerprint density at radius 3 is 2.27 bits per heavy atom.